The van der Waals surface area contributed by atoms with Crippen LogP contribution in [0.25, 0.3) is 11.1 Å². The van der Waals surface area contributed by atoms with Crippen molar-refractivity contribution in [3.8, 4) is 0 Å². The largest absolute Gasteiger partial charge is 0.440 e. The number of nitrogens with one attached hydrogen (secondary N) is 1. The number of carbonyl (C=O) groups is 1. The highest BCUT2D eigenvalue weighted by Gasteiger charge is 2.28. The number of piperidine rings is 2. The number of amides is 2. The molecule has 2 amide bonds. The minimum atomic E-state index is 0.0852. The number of hydrogen-bond donors (Lipinski definition) is 1. The lowest BCUT2D eigenvalue weighted by atomic mass is 9.96. The lowest BCUT2D eigenvalue weighted by Gasteiger charge is -2.35. The van der Waals surface area contributed by atoms with E-state index < -0.39 is 0 Å². The Bertz CT molecular complexity index is 777. The lowest BCUT2D eigenvalue weighted by Crippen LogP contribution is -2.47. The molecule has 0 spiro atoms. The summed E-state index contributed by atoms with van der Waals surface area (Å²) in [6, 6.07) is 7.98. The summed E-state index contributed by atoms with van der Waals surface area (Å²) in [6.45, 7) is 10.3. The number of hydrogen-bond acceptors (Lipinski definition) is 4. The molecule has 1 atom stereocenters. The van der Waals surface area contributed by atoms with Crippen LogP contribution in [-0.4, -0.2) is 60.1 Å². The van der Waals surface area contributed by atoms with Gasteiger partial charge in [0.1, 0.15) is 5.52 Å². The van der Waals surface area contributed by atoms with Crippen LogP contribution in [0.3, 0.4) is 0 Å². The highest BCUT2D eigenvalue weighted by Crippen LogP contribution is 2.30. The molecule has 2 aliphatic rings. The molecule has 3 heterocycles. The molecule has 29 heavy (non-hydrogen) atoms. The number of aromatic nitrogens is 1. The fraction of sp³-hybridized carbons (Fsp3) is 0.652. The van der Waals surface area contributed by atoms with Crippen LogP contribution in [0.4, 0.5) is 4.79 Å². The first kappa shape index (κ1) is 20.2. The average Bonchev–Trinajstić information content (AvgIpc) is 3.16. The van der Waals surface area contributed by atoms with E-state index in [0.717, 1.165) is 62.6 Å². The van der Waals surface area contributed by atoms with E-state index in [9.17, 15) is 4.79 Å². The molecule has 2 aromatic rings. The maximum Gasteiger partial charge on any atom is 0.317 e. The molecule has 1 aromatic heterocycles. The summed E-state index contributed by atoms with van der Waals surface area (Å²) in [5.74, 6) is 2.39. The van der Waals surface area contributed by atoms with Crippen LogP contribution in [0.1, 0.15) is 51.3 Å². The Morgan fingerprint density at radius 3 is 2.76 bits per heavy atom. The molecule has 2 saturated heterocycles. The van der Waals surface area contributed by atoms with Gasteiger partial charge in [0.25, 0.3) is 0 Å². The van der Waals surface area contributed by atoms with Crippen LogP contribution >= 0.6 is 0 Å². The number of likely N-dealkylation sites (tertiary alicyclic amines) is 2. The summed E-state index contributed by atoms with van der Waals surface area (Å²) in [4.78, 5) is 21.8. The first-order valence-corrected chi connectivity index (χ1v) is 11.2. The molecule has 158 valence electrons. The van der Waals surface area contributed by atoms with Crippen LogP contribution < -0.4 is 5.32 Å². The maximum atomic E-state index is 12.6. The second kappa shape index (κ2) is 9.16. The van der Waals surface area contributed by atoms with Gasteiger partial charge in [-0.3, -0.25) is 0 Å². The first-order chi connectivity index (χ1) is 14.1. The molecule has 6 nitrogen and oxygen atoms in total. The summed E-state index contributed by atoms with van der Waals surface area (Å²) in [5.41, 5.74) is 1.77. The van der Waals surface area contributed by atoms with Crippen molar-refractivity contribution >= 4 is 17.1 Å². The molecule has 1 aromatic carbocycles. The van der Waals surface area contributed by atoms with Gasteiger partial charge in [-0.15, -0.1) is 0 Å². The van der Waals surface area contributed by atoms with Crippen molar-refractivity contribution in [2.45, 2.75) is 45.4 Å². The predicted molar refractivity (Wildman–Crippen MR) is 115 cm³/mol. The molecule has 0 bridgehead atoms. The van der Waals surface area contributed by atoms with Crippen molar-refractivity contribution in [2.24, 2.45) is 11.8 Å². The number of carbonyl (C=O) groups excluding carboxylic acids is 1. The Morgan fingerprint density at radius 1 is 1.21 bits per heavy atom. The molecular weight excluding hydrogens is 364 g/mol. The fourth-order valence-electron chi connectivity index (χ4n) is 4.74. The number of nitrogens with zero attached hydrogens (tertiary/aromatic N) is 3. The minimum absolute atomic E-state index is 0.0852. The van der Waals surface area contributed by atoms with Crippen molar-refractivity contribution in [1.29, 1.82) is 0 Å². The molecule has 0 aliphatic carbocycles. The van der Waals surface area contributed by atoms with E-state index in [1.165, 1.54) is 19.4 Å². The van der Waals surface area contributed by atoms with Crippen LogP contribution in [0.15, 0.2) is 28.7 Å². The number of rotatable bonds is 5. The molecule has 2 fully saturated rings. The van der Waals surface area contributed by atoms with Crippen molar-refractivity contribution in [2.75, 3.05) is 39.3 Å². The fourth-order valence-corrected chi connectivity index (χ4v) is 4.74. The Hall–Kier alpha value is -2.08. The third-order valence-corrected chi connectivity index (χ3v) is 6.21. The first-order valence-electron chi connectivity index (χ1n) is 11.2. The van der Waals surface area contributed by atoms with Crippen LogP contribution in [0, 0.1) is 11.8 Å². The zero-order valence-electron chi connectivity index (χ0n) is 17.8. The maximum absolute atomic E-state index is 12.6. The highest BCUT2D eigenvalue weighted by molar-refractivity contribution is 5.74. The third kappa shape index (κ3) is 5.10. The lowest BCUT2D eigenvalue weighted by molar-refractivity contribution is 0.149. The van der Waals surface area contributed by atoms with E-state index in [4.69, 9.17) is 4.42 Å². The van der Waals surface area contributed by atoms with E-state index in [2.05, 4.69) is 29.0 Å². The molecule has 0 saturated carbocycles. The molecule has 1 unspecified atom stereocenters. The summed E-state index contributed by atoms with van der Waals surface area (Å²) < 4.78 is 5.93. The van der Waals surface area contributed by atoms with Crippen LogP contribution in [0.2, 0.25) is 0 Å². The Labute approximate surface area is 173 Å². The summed E-state index contributed by atoms with van der Waals surface area (Å²) >= 11 is 0. The third-order valence-electron chi connectivity index (χ3n) is 6.21. The number of fused-ring (bicyclic) bond motifs is 1. The molecule has 1 N–H and O–H groups in total. The van der Waals surface area contributed by atoms with Gasteiger partial charge >= 0.3 is 6.03 Å². The zero-order chi connectivity index (χ0) is 20.2. The molecule has 4 rings (SSSR count). The predicted octanol–water partition coefficient (Wildman–Crippen LogP) is 4.08. The van der Waals surface area contributed by atoms with Gasteiger partial charge in [-0.1, -0.05) is 26.0 Å². The minimum Gasteiger partial charge on any atom is -0.440 e. The average molecular weight is 399 g/mol. The van der Waals surface area contributed by atoms with Gasteiger partial charge in [0.05, 0.1) is 0 Å². The van der Waals surface area contributed by atoms with Crippen LogP contribution in [0.5, 0.6) is 0 Å². The van der Waals surface area contributed by atoms with Gasteiger partial charge < -0.3 is 19.5 Å². The zero-order valence-corrected chi connectivity index (χ0v) is 17.8. The van der Waals surface area contributed by atoms with E-state index in [1.54, 1.807) is 0 Å². The summed E-state index contributed by atoms with van der Waals surface area (Å²) in [7, 11) is 0. The van der Waals surface area contributed by atoms with Crippen molar-refractivity contribution in [3.05, 3.63) is 30.2 Å². The quantitative estimate of drug-likeness (QED) is 0.824. The smallest absolute Gasteiger partial charge is 0.317 e. The Kier molecular flexibility index (Phi) is 6.38. The summed E-state index contributed by atoms with van der Waals surface area (Å²) in [5, 5.41) is 3.19. The second-order valence-electron chi connectivity index (χ2n) is 9.13. The van der Waals surface area contributed by atoms with Crippen molar-refractivity contribution in [1.82, 2.24) is 20.1 Å². The molecule has 2 aliphatic heterocycles. The van der Waals surface area contributed by atoms with Crippen molar-refractivity contribution in [3.63, 3.8) is 0 Å². The van der Waals surface area contributed by atoms with Gasteiger partial charge in [-0.25, -0.2) is 9.78 Å². The van der Waals surface area contributed by atoms with Gasteiger partial charge in [0, 0.05) is 38.6 Å². The number of urea groups is 1. The second-order valence-corrected chi connectivity index (χ2v) is 9.13. The Morgan fingerprint density at radius 2 is 2.00 bits per heavy atom. The van der Waals surface area contributed by atoms with Crippen LogP contribution in [-0.2, 0) is 0 Å². The van der Waals surface area contributed by atoms with Gasteiger partial charge in [0.15, 0.2) is 11.5 Å². The standard InChI is InChI=1S/C23H34N4O2/c1-17(2)15-26-11-5-6-18(16-26)14-24-23(28)27-12-9-19(10-13-27)22-25-20-7-3-4-8-21(20)29-22/h3-4,7-8,17-19H,5-6,9-16H2,1-2H3,(H,24,28). The summed E-state index contributed by atoms with van der Waals surface area (Å²) in [6.07, 6.45) is 4.27. The number of benzene rings is 1. The van der Waals surface area contributed by atoms with E-state index in [0.29, 0.717) is 17.8 Å². The molecule has 0 radical (unpaired) electrons. The number of oxazole rings is 1. The molecule has 6 heteroatoms. The highest BCUT2D eigenvalue weighted by atomic mass is 16.3. The van der Waals surface area contributed by atoms with Gasteiger partial charge in [0.2, 0.25) is 0 Å². The SMILES string of the molecule is CC(C)CN1CCCC(CNC(=O)N2CCC(c3nc4ccccc4o3)CC2)C1. The van der Waals surface area contributed by atoms with Gasteiger partial charge in [-0.2, -0.15) is 0 Å². The monoisotopic (exact) mass is 398 g/mol. The Balaban J connectivity index is 1.23. The normalized spacial score (nSPS) is 21.8. The van der Waals surface area contributed by atoms with E-state index in [-0.39, 0.29) is 6.03 Å². The molecular formula is C23H34N4O2. The van der Waals surface area contributed by atoms with Gasteiger partial charge in [-0.05, 0) is 56.2 Å². The van der Waals surface area contributed by atoms with E-state index in [1.807, 2.05) is 29.2 Å². The number of para-hydroxylation sites is 2. The topological polar surface area (TPSA) is 61.6 Å². The van der Waals surface area contributed by atoms with Crippen molar-refractivity contribution < 1.29 is 9.21 Å². The van der Waals surface area contributed by atoms with E-state index >= 15 is 0 Å².